The van der Waals surface area contributed by atoms with Crippen LogP contribution in [0.4, 0.5) is 0 Å². The van der Waals surface area contributed by atoms with Gasteiger partial charge in [-0.3, -0.25) is 0 Å². The molecule has 4 nitrogen and oxygen atoms in total. The summed E-state index contributed by atoms with van der Waals surface area (Å²) in [4.78, 5) is 0. The van der Waals surface area contributed by atoms with E-state index in [4.69, 9.17) is 13.9 Å². The molecule has 3 aliphatic carbocycles. The summed E-state index contributed by atoms with van der Waals surface area (Å²) in [5, 5.41) is 11.8. The first kappa shape index (κ1) is 21.3. The highest BCUT2D eigenvalue weighted by molar-refractivity contribution is 6.74. The van der Waals surface area contributed by atoms with E-state index in [1.807, 2.05) is 0 Å². The summed E-state index contributed by atoms with van der Waals surface area (Å²) in [6, 6.07) is 0. The summed E-state index contributed by atoms with van der Waals surface area (Å²) in [6.45, 7) is 15.8. The van der Waals surface area contributed by atoms with Gasteiger partial charge in [-0.15, -0.1) is 6.58 Å². The third-order valence-corrected chi connectivity index (χ3v) is 12.3. The molecule has 5 heteroatoms. The molecule has 0 unspecified atom stereocenters. The average Bonchev–Trinajstić information content (AvgIpc) is 3.21. The zero-order chi connectivity index (χ0) is 20.1. The normalized spacial score (nSPS) is 39.1. The molecule has 0 heterocycles. The SMILES string of the molecule is C=C[C@]1(O)CC[C@@H](O[Si](C)(C)C(C)(C)C)[C@@]12CC[C@H]1C[C@@H](OCOC)C=C12. The van der Waals surface area contributed by atoms with Gasteiger partial charge in [-0.1, -0.05) is 38.5 Å². The Morgan fingerprint density at radius 2 is 2.00 bits per heavy atom. The predicted octanol–water partition coefficient (Wildman–Crippen LogP) is 4.80. The summed E-state index contributed by atoms with van der Waals surface area (Å²) in [5.74, 6) is 0.474. The first-order chi connectivity index (χ1) is 12.5. The van der Waals surface area contributed by atoms with Crippen molar-refractivity contribution in [3.63, 3.8) is 0 Å². The van der Waals surface area contributed by atoms with Gasteiger partial charge in [0.15, 0.2) is 8.32 Å². The van der Waals surface area contributed by atoms with E-state index in [0.29, 0.717) is 12.7 Å². The minimum atomic E-state index is -1.94. The van der Waals surface area contributed by atoms with Crippen molar-refractivity contribution in [1.82, 2.24) is 0 Å². The Hall–Kier alpha value is -0.463. The fourth-order valence-corrected chi connectivity index (χ4v) is 6.69. The van der Waals surface area contributed by atoms with E-state index in [-0.39, 0.29) is 22.7 Å². The second-order valence-electron chi connectivity index (χ2n) is 10.2. The van der Waals surface area contributed by atoms with E-state index in [1.54, 1.807) is 13.2 Å². The lowest BCUT2D eigenvalue weighted by atomic mass is 9.68. The van der Waals surface area contributed by atoms with Gasteiger partial charge in [0.05, 0.1) is 17.8 Å². The molecule has 0 bridgehead atoms. The lowest BCUT2D eigenvalue weighted by molar-refractivity contribution is -0.0579. The first-order valence-electron chi connectivity index (χ1n) is 10.4. The second-order valence-corrected chi connectivity index (χ2v) is 15.0. The molecule has 0 aromatic carbocycles. The maximum atomic E-state index is 11.6. The van der Waals surface area contributed by atoms with Gasteiger partial charge in [-0.25, -0.2) is 0 Å². The number of ether oxygens (including phenoxy) is 2. The van der Waals surface area contributed by atoms with E-state index in [0.717, 1.165) is 32.1 Å². The molecular formula is C22H38O4Si. The number of methoxy groups -OCH3 is 1. The van der Waals surface area contributed by atoms with Gasteiger partial charge in [0.2, 0.25) is 0 Å². The van der Waals surface area contributed by atoms with E-state index < -0.39 is 13.9 Å². The van der Waals surface area contributed by atoms with Crippen LogP contribution in [-0.2, 0) is 13.9 Å². The van der Waals surface area contributed by atoms with Gasteiger partial charge in [0.1, 0.15) is 6.79 Å². The Kier molecular flexibility index (Phi) is 5.59. The fourth-order valence-electron chi connectivity index (χ4n) is 5.30. The van der Waals surface area contributed by atoms with Crippen LogP contribution in [0.5, 0.6) is 0 Å². The molecule has 0 amide bonds. The zero-order valence-electron chi connectivity index (χ0n) is 18.0. The van der Waals surface area contributed by atoms with Crippen molar-refractivity contribution in [3.8, 4) is 0 Å². The van der Waals surface area contributed by atoms with Crippen LogP contribution in [0.25, 0.3) is 0 Å². The molecule has 2 saturated carbocycles. The summed E-state index contributed by atoms with van der Waals surface area (Å²) in [7, 11) is -0.291. The maximum absolute atomic E-state index is 11.6. The van der Waals surface area contributed by atoms with E-state index in [9.17, 15) is 5.11 Å². The third-order valence-electron chi connectivity index (χ3n) is 7.81. The highest BCUT2D eigenvalue weighted by atomic mass is 28.4. The molecule has 0 aromatic rings. The topological polar surface area (TPSA) is 47.9 Å². The lowest BCUT2D eigenvalue weighted by Crippen LogP contribution is -2.53. The van der Waals surface area contributed by atoms with Crippen LogP contribution < -0.4 is 0 Å². The fraction of sp³-hybridized carbons (Fsp3) is 0.818. The van der Waals surface area contributed by atoms with Gasteiger partial charge in [0.25, 0.3) is 0 Å². The molecule has 3 aliphatic rings. The number of aliphatic hydroxyl groups is 1. The zero-order valence-corrected chi connectivity index (χ0v) is 19.0. The molecule has 0 saturated heterocycles. The Labute approximate surface area is 166 Å². The molecule has 27 heavy (non-hydrogen) atoms. The molecular weight excluding hydrogens is 356 g/mol. The number of hydrogen-bond donors (Lipinski definition) is 1. The Morgan fingerprint density at radius 1 is 1.30 bits per heavy atom. The van der Waals surface area contributed by atoms with Crippen molar-refractivity contribution in [1.29, 1.82) is 0 Å². The van der Waals surface area contributed by atoms with E-state index in [2.05, 4.69) is 46.5 Å². The molecule has 0 radical (unpaired) electrons. The van der Waals surface area contributed by atoms with E-state index in [1.165, 1.54) is 5.57 Å². The number of fused-ring (bicyclic) bond motifs is 2. The Balaban J connectivity index is 1.96. The first-order valence-corrected chi connectivity index (χ1v) is 13.3. The van der Waals surface area contributed by atoms with Crippen molar-refractivity contribution in [2.24, 2.45) is 11.3 Å². The van der Waals surface area contributed by atoms with Crippen LogP contribution in [-0.4, -0.2) is 45.1 Å². The van der Waals surface area contributed by atoms with Crippen LogP contribution in [0.3, 0.4) is 0 Å². The van der Waals surface area contributed by atoms with Gasteiger partial charge in [0, 0.05) is 12.5 Å². The summed E-state index contributed by atoms with van der Waals surface area (Å²) >= 11 is 0. The van der Waals surface area contributed by atoms with Gasteiger partial charge < -0.3 is 19.0 Å². The molecule has 5 atom stereocenters. The number of rotatable bonds is 6. The van der Waals surface area contributed by atoms with Gasteiger partial charge >= 0.3 is 0 Å². The van der Waals surface area contributed by atoms with E-state index >= 15 is 0 Å². The molecule has 154 valence electrons. The summed E-state index contributed by atoms with van der Waals surface area (Å²) in [6.07, 6.45) is 8.85. The second kappa shape index (κ2) is 7.10. The average molecular weight is 395 g/mol. The quantitative estimate of drug-likeness (QED) is 0.399. The standard InChI is InChI=1S/C22H38O4Si/c1-8-21(23)11-10-19(26-27(6,7)20(2,3)4)22(21)12-9-16-13-17(14-18(16)22)25-15-24-5/h8,14,16-17,19,23H,1,9-13,15H2,2-7H3/t16-,17+,19+,21-,22-/m0/s1. The number of hydrogen-bond acceptors (Lipinski definition) is 4. The predicted molar refractivity (Wildman–Crippen MR) is 111 cm³/mol. The van der Waals surface area contributed by atoms with Crippen molar-refractivity contribution >= 4 is 8.32 Å². The van der Waals surface area contributed by atoms with Crippen molar-refractivity contribution in [2.75, 3.05) is 13.9 Å². The summed E-state index contributed by atoms with van der Waals surface area (Å²) in [5.41, 5.74) is 0.115. The highest BCUT2D eigenvalue weighted by Gasteiger charge is 2.65. The Morgan fingerprint density at radius 3 is 2.59 bits per heavy atom. The van der Waals surface area contributed by atoms with Crippen LogP contribution in [0.15, 0.2) is 24.3 Å². The maximum Gasteiger partial charge on any atom is 0.192 e. The molecule has 1 N–H and O–H groups in total. The van der Waals surface area contributed by atoms with Crippen molar-refractivity contribution in [2.45, 2.75) is 88.8 Å². The van der Waals surface area contributed by atoms with Crippen molar-refractivity contribution < 1.29 is 19.0 Å². The van der Waals surface area contributed by atoms with Crippen LogP contribution in [0.2, 0.25) is 18.1 Å². The van der Waals surface area contributed by atoms with Crippen LogP contribution in [0.1, 0.15) is 52.9 Å². The molecule has 0 aromatic heterocycles. The molecule has 3 rings (SSSR count). The summed E-state index contributed by atoms with van der Waals surface area (Å²) < 4.78 is 17.9. The van der Waals surface area contributed by atoms with Gasteiger partial charge in [-0.05, 0) is 56.2 Å². The molecule has 1 spiro atoms. The highest BCUT2D eigenvalue weighted by Crippen LogP contribution is 2.65. The lowest BCUT2D eigenvalue weighted by Gasteiger charge is -2.47. The van der Waals surface area contributed by atoms with Crippen molar-refractivity contribution in [3.05, 3.63) is 24.3 Å². The third kappa shape index (κ3) is 3.29. The van der Waals surface area contributed by atoms with Crippen LogP contribution in [0, 0.1) is 11.3 Å². The minimum absolute atomic E-state index is 0.0545. The van der Waals surface area contributed by atoms with Gasteiger partial charge in [-0.2, -0.15) is 0 Å². The molecule has 2 fully saturated rings. The largest absolute Gasteiger partial charge is 0.413 e. The monoisotopic (exact) mass is 394 g/mol. The smallest absolute Gasteiger partial charge is 0.192 e. The minimum Gasteiger partial charge on any atom is -0.413 e. The van der Waals surface area contributed by atoms with Crippen LogP contribution >= 0.6 is 0 Å². The Bertz CT molecular complexity index is 608. The molecule has 0 aliphatic heterocycles.